The predicted octanol–water partition coefficient (Wildman–Crippen LogP) is 5.25. The zero-order valence-corrected chi connectivity index (χ0v) is 14.9. The topological polar surface area (TPSA) is 45.8 Å². The second-order valence-electron chi connectivity index (χ2n) is 5.91. The van der Waals surface area contributed by atoms with Gasteiger partial charge in [0.25, 0.3) is 5.56 Å². The fourth-order valence-corrected chi connectivity index (χ4v) is 2.99. The number of pyridine rings is 1. The van der Waals surface area contributed by atoms with Crippen LogP contribution in [0.2, 0.25) is 5.02 Å². The number of hydrogen-bond donors (Lipinski definition) is 0. The molecule has 8 heteroatoms. The highest BCUT2D eigenvalue weighted by atomic mass is 35.5. The molecule has 3 aromatic rings. The number of halogens is 5. The third-order valence-electron chi connectivity index (χ3n) is 4.16. The lowest BCUT2D eigenvalue weighted by Gasteiger charge is -2.16. The summed E-state index contributed by atoms with van der Waals surface area (Å²) in [6.45, 7) is -0.342. The molecule has 1 aromatic heterocycles. The molecule has 0 aliphatic heterocycles. The molecule has 0 atom stereocenters. The normalized spacial score (nSPS) is 11.3. The van der Waals surface area contributed by atoms with Crippen molar-refractivity contribution < 1.29 is 17.6 Å². The SMILES string of the molecule is N#Cc1ccc(-c2cccc(C(F)(F)F)c2)n(Cc2c(F)cccc2Cl)c1=O. The van der Waals surface area contributed by atoms with Gasteiger partial charge in [0.2, 0.25) is 0 Å². The fourth-order valence-electron chi connectivity index (χ4n) is 2.77. The van der Waals surface area contributed by atoms with E-state index in [0.717, 1.165) is 22.8 Å². The standard InChI is InChI=1S/C20H11ClF4N2O/c21-16-5-2-6-17(22)15(16)11-27-18(8-7-13(10-26)19(27)28)12-3-1-4-14(9-12)20(23,24)25/h1-9H,11H2. The van der Waals surface area contributed by atoms with Crippen molar-refractivity contribution in [3.8, 4) is 17.3 Å². The Hall–Kier alpha value is -3.11. The number of aromatic nitrogens is 1. The quantitative estimate of drug-likeness (QED) is 0.558. The van der Waals surface area contributed by atoms with Gasteiger partial charge in [-0.25, -0.2) is 4.39 Å². The molecule has 0 bridgehead atoms. The molecule has 3 rings (SSSR count). The van der Waals surface area contributed by atoms with Crippen molar-refractivity contribution in [3.63, 3.8) is 0 Å². The Balaban J connectivity index is 2.23. The van der Waals surface area contributed by atoms with Crippen LogP contribution in [0.4, 0.5) is 17.6 Å². The average Bonchev–Trinajstić information content (AvgIpc) is 2.65. The summed E-state index contributed by atoms with van der Waals surface area (Å²) in [7, 11) is 0. The zero-order chi connectivity index (χ0) is 20.5. The van der Waals surface area contributed by atoms with E-state index in [1.54, 1.807) is 6.07 Å². The monoisotopic (exact) mass is 406 g/mol. The van der Waals surface area contributed by atoms with Crippen molar-refractivity contribution in [2.24, 2.45) is 0 Å². The Labute approximate surface area is 162 Å². The highest BCUT2D eigenvalue weighted by Gasteiger charge is 2.30. The third-order valence-corrected chi connectivity index (χ3v) is 4.51. The second kappa shape index (κ2) is 7.49. The summed E-state index contributed by atoms with van der Waals surface area (Å²) in [5, 5.41) is 9.18. The molecule has 2 aromatic carbocycles. The van der Waals surface area contributed by atoms with E-state index in [1.165, 1.54) is 36.4 Å². The number of nitriles is 1. The summed E-state index contributed by atoms with van der Waals surface area (Å²) < 4.78 is 54.4. The van der Waals surface area contributed by atoms with E-state index >= 15 is 0 Å². The molecule has 28 heavy (non-hydrogen) atoms. The number of benzene rings is 2. The number of nitrogens with zero attached hydrogens (tertiary/aromatic N) is 2. The van der Waals surface area contributed by atoms with E-state index in [1.807, 2.05) is 0 Å². The van der Waals surface area contributed by atoms with Crippen LogP contribution in [0, 0.1) is 17.1 Å². The van der Waals surface area contributed by atoms with Gasteiger partial charge in [0.1, 0.15) is 17.4 Å². The molecule has 0 radical (unpaired) electrons. The van der Waals surface area contributed by atoms with Gasteiger partial charge in [0.05, 0.1) is 17.8 Å². The molecule has 0 aliphatic carbocycles. The lowest BCUT2D eigenvalue weighted by molar-refractivity contribution is -0.137. The lowest BCUT2D eigenvalue weighted by Crippen LogP contribution is -2.25. The maximum Gasteiger partial charge on any atom is 0.416 e. The fraction of sp³-hybridized carbons (Fsp3) is 0.100. The van der Waals surface area contributed by atoms with Crippen molar-refractivity contribution in [1.29, 1.82) is 5.26 Å². The van der Waals surface area contributed by atoms with E-state index in [2.05, 4.69) is 0 Å². The summed E-state index contributed by atoms with van der Waals surface area (Å²) in [6, 6.07) is 12.7. The Morgan fingerprint density at radius 3 is 2.43 bits per heavy atom. The van der Waals surface area contributed by atoms with Crippen LogP contribution in [0.15, 0.2) is 59.4 Å². The Bertz CT molecular complexity index is 1130. The van der Waals surface area contributed by atoms with Crippen LogP contribution in [-0.4, -0.2) is 4.57 Å². The Morgan fingerprint density at radius 2 is 1.79 bits per heavy atom. The van der Waals surface area contributed by atoms with Crippen LogP contribution >= 0.6 is 11.6 Å². The van der Waals surface area contributed by atoms with Crippen LogP contribution in [-0.2, 0) is 12.7 Å². The van der Waals surface area contributed by atoms with Crippen molar-refractivity contribution >= 4 is 11.6 Å². The largest absolute Gasteiger partial charge is 0.416 e. The number of rotatable bonds is 3. The molecular weight excluding hydrogens is 396 g/mol. The summed E-state index contributed by atoms with van der Waals surface area (Å²) >= 11 is 6.02. The van der Waals surface area contributed by atoms with Gasteiger partial charge in [-0.1, -0.05) is 29.8 Å². The summed E-state index contributed by atoms with van der Waals surface area (Å²) in [4.78, 5) is 12.7. The predicted molar refractivity (Wildman–Crippen MR) is 96.4 cm³/mol. The van der Waals surface area contributed by atoms with E-state index in [0.29, 0.717) is 0 Å². The Morgan fingerprint density at radius 1 is 1.07 bits per heavy atom. The maximum absolute atomic E-state index is 14.2. The van der Waals surface area contributed by atoms with Crippen LogP contribution in [0.5, 0.6) is 0 Å². The molecule has 0 saturated carbocycles. The molecule has 0 saturated heterocycles. The lowest BCUT2D eigenvalue weighted by atomic mass is 10.1. The highest BCUT2D eigenvalue weighted by Crippen LogP contribution is 2.32. The van der Waals surface area contributed by atoms with Crippen molar-refractivity contribution in [2.45, 2.75) is 12.7 Å². The third kappa shape index (κ3) is 3.78. The van der Waals surface area contributed by atoms with Gasteiger partial charge in [0, 0.05) is 10.6 Å². The number of alkyl halides is 3. The minimum atomic E-state index is -4.57. The average molecular weight is 407 g/mol. The van der Waals surface area contributed by atoms with Gasteiger partial charge < -0.3 is 4.57 Å². The molecule has 0 N–H and O–H groups in total. The first kappa shape index (κ1) is 19.6. The molecule has 0 amide bonds. The van der Waals surface area contributed by atoms with E-state index in [-0.39, 0.29) is 34.0 Å². The van der Waals surface area contributed by atoms with Crippen molar-refractivity contribution in [3.05, 3.63) is 92.5 Å². The minimum Gasteiger partial charge on any atom is -0.303 e. The van der Waals surface area contributed by atoms with Gasteiger partial charge in [0.15, 0.2) is 0 Å². The van der Waals surface area contributed by atoms with Crippen LogP contribution in [0.3, 0.4) is 0 Å². The van der Waals surface area contributed by atoms with Gasteiger partial charge in [-0.2, -0.15) is 18.4 Å². The highest BCUT2D eigenvalue weighted by molar-refractivity contribution is 6.31. The first-order valence-electron chi connectivity index (χ1n) is 7.97. The second-order valence-corrected chi connectivity index (χ2v) is 6.32. The Kier molecular flexibility index (Phi) is 5.25. The van der Waals surface area contributed by atoms with Crippen LogP contribution < -0.4 is 5.56 Å². The first-order chi connectivity index (χ1) is 13.2. The zero-order valence-electron chi connectivity index (χ0n) is 14.1. The smallest absolute Gasteiger partial charge is 0.303 e. The molecule has 3 nitrogen and oxygen atoms in total. The van der Waals surface area contributed by atoms with Crippen molar-refractivity contribution in [1.82, 2.24) is 4.57 Å². The van der Waals surface area contributed by atoms with E-state index < -0.39 is 23.1 Å². The van der Waals surface area contributed by atoms with Gasteiger partial charge >= 0.3 is 6.18 Å². The summed E-state index contributed by atoms with van der Waals surface area (Å²) in [5.41, 5.74) is -1.66. The van der Waals surface area contributed by atoms with Gasteiger partial charge in [-0.05, 0) is 42.0 Å². The van der Waals surface area contributed by atoms with E-state index in [9.17, 15) is 22.4 Å². The molecule has 0 fully saturated rings. The van der Waals surface area contributed by atoms with Crippen LogP contribution in [0.1, 0.15) is 16.7 Å². The van der Waals surface area contributed by atoms with Gasteiger partial charge in [-0.3, -0.25) is 4.79 Å². The molecule has 142 valence electrons. The molecule has 0 aliphatic rings. The minimum absolute atomic E-state index is 0.00502. The molecule has 1 heterocycles. The maximum atomic E-state index is 14.2. The number of hydrogen-bond acceptors (Lipinski definition) is 2. The van der Waals surface area contributed by atoms with Crippen molar-refractivity contribution in [2.75, 3.05) is 0 Å². The first-order valence-corrected chi connectivity index (χ1v) is 8.34. The van der Waals surface area contributed by atoms with Gasteiger partial charge in [-0.15, -0.1) is 0 Å². The summed E-state index contributed by atoms with van der Waals surface area (Å²) in [5.74, 6) is -0.670. The van der Waals surface area contributed by atoms with Crippen LogP contribution in [0.25, 0.3) is 11.3 Å². The molecule has 0 unspecified atom stereocenters. The summed E-state index contributed by atoms with van der Waals surface area (Å²) in [6.07, 6.45) is -4.57. The van der Waals surface area contributed by atoms with E-state index in [4.69, 9.17) is 16.9 Å². The molecule has 0 spiro atoms. The molecular formula is C20H11ClF4N2O.